The molecule has 2 amide bonds. The highest BCUT2D eigenvalue weighted by Crippen LogP contribution is 2.20. The van der Waals surface area contributed by atoms with Crippen LogP contribution in [0.15, 0.2) is 36.7 Å². The quantitative estimate of drug-likeness (QED) is 0.882. The van der Waals surface area contributed by atoms with E-state index < -0.39 is 0 Å². The van der Waals surface area contributed by atoms with E-state index in [0.717, 1.165) is 19.5 Å². The molecule has 0 bridgehead atoms. The molecule has 2 heterocycles. The first-order valence-electron chi connectivity index (χ1n) is 8.77. The molecule has 1 unspecified atom stereocenters. The first-order valence-corrected chi connectivity index (χ1v) is 8.77. The Morgan fingerprint density at radius 3 is 2.27 bits per heavy atom. The molecule has 1 aliphatic rings. The average Bonchev–Trinajstić information content (AvgIpc) is 2.63. The van der Waals surface area contributed by atoms with Crippen molar-refractivity contribution in [3.05, 3.63) is 42.2 Å². The number of piperidine rings is 1. The molecule has 136 valence electrons. The van der Waals surface area contributed by atoms with Crippen molar-refractivity contribution in [3.8, 4) is 0 Å². The molecule has 3 rings (SSSR count). The second-order valence-electron chi connectivity index (χ2n) is 6.68. The summed E-state index contributed by atoms with van der Waals surface area (Å²) < 4.78 is 0. The SMILES string of the molecule is CC(=O)Nc1ccc(NC(=O)c2cnc(N3CCCC(C)C3)nc2)cc1. The van der Waals surface area contributed by atoms with Crippen LogP contribution in [0.5, 0.6) is 0 Å². The molecule has 1 fully saturated rings. The van der Waals surface area contributed by atoms with E-state index >= 15 is 0 Å². The van der Waals surface area contributed by atoms with Crippen molar-refractivity contribution in [1.82, 2.24) is 9.97 Å². The molecular formula is C19H23N5O2. The summed E-state index contributed by atoms with van der Waals surface area (Å²) in [5.74, 6) is 0.904. The minimum atomic E-state index is -0.268. The van der Waals surface area contributed by atoms with Gasteiger partial charge in [0, 0.05) is 43.8 Å². The lowest BCUT2D eigenvalue weighted by atomic mass is 10.0. The third-order valence-electron chi connectivity index (χ3n) is 4.30. The van der Waals surface area contributed by atoms with Gasteiger partial charge in [-0.05, 0) is 43.0 Å². The van der Waals surface area contributed by atoms with Crippen molar-refractivity contribution < 1.29 is 9.59 Å². The summed E-state index contributed by atoms with van der Waals surface area (Å²) >= 11 is 0. The Hall–Kier alpha value is -2.96. The van der Waals surface area contributed by atoms with Gasteiger partial charge in [0.15, 0.2) is 0 Å². The van der Waals surface area contributed by atoms with Crippen molar-refractivity contribution in [3.63, 3.8) is 0 Å². The molecule has 2 N–H and O–H groups in total. The minimum Gasteiger partial charge on any atom is -0.341 e. The third kappa shape index (κ3) is 4.56. The second kappa shape index (κ2) is 7.95. The Morgan fingerprint density at radius 1 is 1.08 bits per heavy atom. The number of carbonyl (C=O) groups excluding carboxylic acids is 2. The second-order valence-corrected chi connectivity index (χ2v) is 6.68. The molecule has 2 aromatic rings. The van der Waals surface area contributed by atoms with Crippen LogP contribution in [0.2, 0.25) is 0 Å². The molecule has 26 heavy (non-hydrogen) atoms. The fourth-order valence-corrected chi connectivity index (χ4v) is 3.02. The Morgan fingerprint density at radius 2 is 1.69 bits per heavy atom. The lowest BCUT2D eigenvalue weighted by Gasteiger charge is -2.30. The van der Waals surface area contributed by atoms with Gasteiger partial charge in [0.1, 0.15) is 0 Å². The fraction of sp³-hybridized carbons (Fsp3) is 0.368. The zero-order valence-corrected chi connectivity index (χ0v) is 15.0. The van der Waals surface area contributed by atoms with E-state index in [1.54, 1.807) is 36.7 Å². The van der Waals surface area contributed by atoms with Gasteiger partial charge in [-0.2, -0.15) is 0 Å². The van der Waals surface area contributed by atoms with Crippen LogP contribution >= 0.6 is 0 Å². The lowest BCUT2D eigenvalue weighted by Crippen LogP contribution is -2.35. The van der Waals surface area contributed by atoms with E-state index in [0.29, 0.717) is 28.8 Å². The van der Waals surface area contributed by atoms with Crippen molar-refractivity contribution in [2.45, 2.75) is 26.7 Å². The van der Waals surface area contributed by atoms with Crippen LogP contribution in [0, 0.1) is 5.92 Å². The maximum atomic E-state index is 12.3. The van der Waals surface area contributed by atoms with E-state index in [-0.39, 0.29) is 11.8 Å². The predicted molar refractivity (Wildman–Crippen MR) is 101 cm³/mol. The van der Waals surface area contributed by atoms with Crippen LogP contribution in [0.4, 0.5) is 17.3 Å². The summed E-state index contributed by atoms with van der Waals surface area (Å²) in [5, 5.41) is 5.48. The smallest absolute Gasteiger partial charge is 0.258 e. The van der Waals surface area contributed by atoms with Crippen LogP contribution < -0.4 is 15.5 Å². The number of nitrogens with zero attached hydrogens (tertiary/aromatic N) is 3. The molecule has 1 atom stereocenters. The van der Waals surface area contributed by atoms with Gasteiger partial charge in [0.05, 0.1) is 5.56 Å². The maximum Gasteiger partial charge on any atom is 0.258 e. The molecule has 1 saturated heterocycles. The summed E-state index contributed by atoms with van der Waals surface area (Å²) in [6.45, 7) is 5.58. The van der Waals surface area contributed by atoms with E-state index in [9.17, 15) is 9.59 Å². The molecule has 1 aromatic carbocycles. The van der Waals surface area contributed by atoms with Gasteiger partial charge < -0.3 is 15.5 Å². The number of benzene rings is 1. The molecule has 1 aliphatic heterocycles. The average molecular weight is 353 g/mol. The molecule has 0 saturated carbocycles. The van der Waals surface area contributed by atoms with E-state index in [1.807, 2.05) is 0 Å². The van der Waals surface area contributed by atoms with E-state index in [2.05, 4.69) is 32.4 Å². The topological polar surface area (TPSA) is 87.2 Å². The predicted octanol–water partition coefficient (Wildman–Crippen LogP) is 2.92. The van der Waals surface area contributed by atoms with Crippen molar-refractivity contribution in [1.29, 1.82) is 0 Å². The highest BCUT2D eigenvalue weighted by atomic mass is 16.2. The van der Waals surface area contributed by atoms with Crippen LogP contribution in [-0.2, 0) is 4.79 Å². The van der Waals surface area contributed by atoms with Crippen LogP contribution in [-0.4, -0.2) is 34.9 Å². The number of nitrogens with one attached hydrogen (secondary N) is 2. The van der Waals surface area contributed by atoms with Gasteiger partial charge in [-0.1, -0.05) is 6.92 Å². The van der Waals surface area contributed by atoms with Crippen molar-refractivity contribution in [2.75, 3.05) is 28.6 Å². The van der Waals surface area contributed by atoms with Crippen molar-refractivity contribution in [2.24, 2.45) is 5.92 Å². The first kappa shape index (κ1) is 17.8. The van der Waals surface area contributed by atoms with E-state index in [4.69, 9.17) is 0 Å². The highest BCUT2D eigenvalue weighted by Gasteiger charge is 2.19. The van der Waals surface area contributed by atoms with Gasteiger partial charge in [0.2, 0.25) is 11.9 Å². The van der Waals surface area contributed by atoms with Gasteiger partial charge >= 0.3 is 0 Å². The molecular weight excluding hydrogens is 330 g/mol. The summed E-state index contributed by atoms with van der Waals surface area (Å²) in [4.78, 5) is 34.2. The molecule has 0 spiro atoms. The Bertz CT molecular complexity index is 774. The van der Waals surface area contributed by atoms with Gasteiger partial charge in [-0.3, -0.25) is 9.59 Å². The molecule has 0 aliphatic carbocycles. The van der Waals surface area contributed by atoms with Gasteiger partial charge in [-0.25, -0.2) is 9.97 Å². The monoisotopic (exact) mass is 353 g/mol. The number of carbonyl (C=O) groups is 2. The number of aromatic nitrogens is 2. The van der Waals surface area contributed by atoms with Gasteiger partial charge in [0.25, 0.3) is 5.91 Å². The highest BCUT2D eigenvalue weighted by molar-refractivity contribution is 6.04. The first-order chi connectivity index (χ1) is 12.5. The summed E-state index contributed by atoms with van der Waals surface area (Å²) in [6, 6.07) is 6.92. The Balaban J connectivity index is 1.62. The number of anilines is 3. The molecule has 7 nitrogen and oxygen atoms in total. The third-order valence-corrected chi connectivity index (χ3v) is 4.30. The summed E-state index contributed by atoms with van der Waals surface area (Å²) in [5.41, 5.74) is 1.72. The number of hydrogen-bond donors (Lipinski definition) is 2. The van der Waals surface area contributed by atoms with Crippen LogP contribution in [0.1, 0.15) is 37.0 Å². The summed E-state index contributed by atoms with van der Waals surface area (Å²) in [6.07, 6.45) is 5.49. The van der Waals surface area contributed by atoms with E-state index in [1.165, 1.54) is 13.3 Å². The Kier molecular flexibility index (Phi) is 5.46. The lowest BCUT2D eigenvalue weighted by molar-refractivity contribution is -0.114. The molecule has 0 radical (unpaired) electrons. The maximum absolute atomic E-state index is 12.3. The zero-order valence-electron chi connectivity index (χ0n) is 15.0. The van der Waals surface area contributed by atoms with Gasteiger partial charge in [-0.15, -0.1) is 0 Å². The number of amides is 2. The normalized spacial score (nSPS) is 16.8. The standard InChI is InChI=1S/C19H23N5O2/c1-13-4-3-9-24(12-13)19-20-10-15(11-21-19)18(26)23-17-7-5-16(6-8-17)22-14(2)25/h5-8,10-11,13H,3-4,9,12H2,1-2H3,(H,22,25)(H,23,26). The largest absolute Gasteiger partial charge is 0.341 e. The van der Waals surface area contributed by atoms with Crippen molar-refractivity contribution >= 4 is 29.1 Å². The molecule has 7 heteroatoms. The van der Waals surface area contributed by atoms with Crippen LogP contribution in [0.3, 0.4) is 0 Å². The fourth-order valence-electron chi connectivity index (χ4n) is 3.02. The number of hydrogen-bond acceptors (Lipinski definition) is 5. The summed E-state index contributed by atoms with van der Waals surface area (Å²) in [7, 11) is 0. The zero-order chi connectivity index (χ0) is 18.5. The Labute approximate surface area is 152 Å². The minimum absolute atomic E-state index is 0.137. The van der Waals surface area contributed by atoms with Crippen LogP contribution in [0.25, 0.3) is 0 Å². The molecule has 1 aromatic heterocycles. The number of rotatable bonds is 4.